The number of halogens is 4. The number of pyridine rings is 1. The summed E-state index contributed by atoms with van der Waals surface area (Å²) in [7, 11) is 0. The average Bonchev–Trinajstić information content (AvgIpc) is 2.78. The van der Waals surface area contributed by atoms with Crippen molar-refractivity contribution in [1.82, 2.24) is 15.2 Å². The van der Waals surface area contributed by atoms with E-state index >= 15 is 0 Å². The van der Waals surface area contributed by atoms with Crippen LogP contribution in [-0.2, 0) is 6.18 Å². The Morgan fingerprint density at radius 1 is 1.21 bits per heavy atom. The molecule has 7 nitrogen and oxygen atoms in total. The number of nitrogens with one attached hydrogen (secondary N) is 2. The van der Waals surface area contributed by atoms with Crippen LogP contribution in [-0.4, -0.2) is 52.2 Å². The van der Waals surface area contributed by atoms with Crippen LogP contribution in [0.1, 0.15) is 41.9 Å². The minimum Gasteiger partial charge on any atom is -0.394 e. The zero-order valence-electron chi connectivity index (χ0n) is 18.5. The molecular weight excluding hydrogens is 473 g/mol. The zero-order chi connectivity index (χ0) is 25.1. The highest BCUT2D eigenvalue weighted by atomic mass is 35.5. The lowest BCUT2D eigenvalue weighted by molar-refractivity contribution is -0.137. The molecule has 1 aromatic carbocycles. The molecule has 3 rings (SSSR count). The normalized spacial score (nSPS) is 14.4. The SMILES string of the molecule is CC(C)(CO)NC(=O)c1cnc(C2=CCN(C(=O)Nc3ccc(C(F)(F)F)cc3)CC2)c(Cl)c1. The number of benzene rings is 1. The van der Waals surface area contributed by atoms with Crippen LogP contribution in [0, 0.1) is 0 Å². The lowest BCUT2D eigenvalue weighted by Crippen LogP contribution is -2.46. The van der Waals surface area contributed by atoms with Crippen molar-refractivity contribution in [2.45, 2.75) is 32.0 Å². The molecule has 1 aliphatic rings. The molecule has 2 aromatic rings. The second-order valence-corrected chi connectivity index (χ2v) is 8.89. The van der Waals surface area contributed by atoms with Crippen LogP contribution in [0.5, 0.6) is 0 Å². The molecule has 1 aliphatic heterocycles. The van der Waals surface area contributed by atoms with E-state index in [9.17, 15) is 27.9 Å². The molecule has 3 N–H and O–H groups in total. The number of rotatable bonds is 5. The Morgan fingerprint density at radius 3 is 2.41 bits per heavy atom. The van der Waals surface area contributed by atoms with Gasteiger partial charge >= 0.3 is 12.2 Å². The number of carbonyl (C=O) groups is 2. The highest BCUT2D eigenvalue weighted by Gasteiger charge is 2.30. The lowest BCUT2D eigenvalue weighted by Gasteiger charge is -2.27. The Bertz CT molecular complexity index is 1100. The fraction of sp³-hybridized carbons (Fsp3) is 0.348. The van der Waals surface area contributed by atoms with E-state index in [0.29, 0.717) is 18.7 Å². The molecular formula is C23H24ClF3N4O3. The first-order valence-corrected chi connectivity index (χ1v) is 10.8. The Kier molecular flexibility index (Phi) is 7.52. The van der Waals surface area contributed by atoms with E-state index in [1.54, 1.807) is 19.9 Å². The van der Waals surface area contributed by atoms with Gasteiger partial charge in [-0.3, -0.25) is 9.78 Å². The fourth-order valence-electron chi connectivity index (χ4n) is 3.23. The van der Waals surface area contributed by atoms with E-state index in [-0.39, 0.29) is 29.4 Å². The third-order valence-electron chi connectivity index (χ3n) is 5.21. The summed E-state index contributed by atoms with van der Waals surface area (Å²) in [4.78, 5) is 30.6. The number of nitrogens with zero attached hydrogens (tertiary/aromatic N) is 2. The van der Waals surface area contributed by atoms with Crippen LogP contribution in [0.25, 0.3) is 5.57 Å². The second kappa shape index (κ2) is 10.0. The van der Waals surface area contributed by atoms with E-state index in [0.717, 1.165) is 17.7 Å². The topological polar surface area (TPSA) is 94.6 Å². The lowest BCUT2D eigenvalue weighted by atomic mass is 10.0. The summed E-state index contributed by atoms with van der Waals surface area (Å²) in [5, 5.41) is 14.9. The van der Waals surface area contributed by atoms with Crippen LogP contribution < -0.4 is 10.6 Å². The van der Waals surface area contributed by atoms with Crippen molar-refractivity contribution in [3.63, 3.8) is 0 Å². The predicted molar refractivity (Wildman–Crippen MR) is 123 cm³/mol. The standard InChI is InChI=1S/C23H24ClF3N4O3/c1-22(2,13-32)30-20(33)15-11-18(24)19(28-12-15)14-7-9-31(10-8-14)21(34)29-17-5-3-16(4-6-17)23(25,26)27/h3-7,11-12,32H,8-10,13H2,1-2H3,(H,29,34)(H,30,33). The van der Waals surface area contributed by atoms with Gasteiger partial charge in [-0.2, -0.15) is 13.2 Å². The number of amides is 3. The first-order chi connectivity index (χ1) is 15.9. The number of aliphatic hydroxyl groups is 1. The van der Waals surface area contributed by atoms with Crippen LogP contribution in [0.4, 0.5) is 23.7 Å². The van der Waals surface area contributed by atoms with Gasteiger partial charge in [0.05, 0.1) is 34.0 Å². The maximum atomic E-state index is 12.7. The Balaban J connectivity index is 1.63. The van der Waals surface area contributed by atoms with Gasteiger partial charge < -0.3 is 20.6 Å². The molecule has 0 saturated carbocycles. The molecule has 0 unspecified atom stereocenters. The van der Waals surface area contributed by atoms with Crippen molar-refractivity contribution in [2.24, 2.45) is 0 Å². The molecule has 0 atom stereocenters. The molecule has 0 saturated heterocycles. The largest absolute Gasteiger partial charge is 0.416 e. The minimum absolute atomic E-state index is 0.228. The molecule has 0 spiro atoms. The average molecular weight is 497 g/mol. The predicted octanol–water partition coefficient (Wildman–Crippen LogP) is 4.58. The second-order valence-electron chi connectivity index (χ2n) is 8.48. The molecule has 34 heavy (non-hydrogen) atoms. The Hall–Kier alpha value is -3.11. The van der Waals surface area contributed by atoms with Crippen LogP contribution in [0.2, 0.25) is 5.02 Å². The van der Waals surface area contributed by atoms with Gasteiger partial charge in [0.1, 0.15) is 0 Å². The Morgan fingerprint density at radius 2 is 1.88 bits per heavy atom. The van der Waals surface area contributed by atoms with Crippen LogP contribution in [0.15, 0.2) is 42.6 Å². The maximum Gasteiger partial charge on any atom is 0.416 e. The monoisotopic (exact) mass is 496 g/mol. The van der Waals surface area contributed by atoms with E-state index in [1.165, 1.54) is 29.3 Å². The van der Waals surface area contributed by atoms with Crippen LogP contribution in [0.3, 0.4) is 0 Å². The molecule has 182 valence electrons. The summed E-state index contributed by atoms with van der Waals surface area (Å²) in [6.45, 7) is 3.74. The number of hydrogen-bond acceptors (Lipinski definition) is 4. The molecule has 11 heteroatoms. The number of aliphatic hydroxyl groups excluding tert-OH is 1. The summed E-state index contributed by atoms with van der Waals surface area (Å²) in [6.07, 6.45) is -0.798. The molecule has 0 bridgehead atoms. The quantitative estimate of drug-likeness (QED) is 0.565. The number of hydrogen-bond donors (Lipinski definition) is 3. The highest BCUT2D eigenvalue weighted by Crippen LogP contribution is 2.30. The summed E-state index contributed by atoms with van der Waals surface area (Å²) in [6, 6.07) is 5.28. The molecule has 0 aliphatic carbocycles. The molecule has 2 heterocycles. The number of alkyl halides is 3. The van der Waals surface area contributed by atoms with Crippen molar-refractivity contribution in [3.05, 3.63) is 64.4 Å². The Labute approximate surface area is 199 Å². The summed E-state index contributed by atoms with van der Waals surface area (Å²) in [5.74, 6) is -0.413. The number of urea groups is 1. The van der Waals surface area contributed by atoms with Gasteiger partial charge in [0.15, 0.2) is 0 Å². The number of carbonyl (C=O) groups excluding carboxylic acids is 2. The zero-order valence-corrected chi connectivity index (χ0v) is 19.3. The molecule has 3 amide bonds. The minimum atomic E-state index is -4.44. The smallest absolute Gasteiger partial charge is 0.394 e. The van der Waals surface area contributed by atoms with E-state index in [2.05, 4.69) is 15.6 Å². The third kappa shape index (κ3) is 6.27. The molecule has 1 aromatic heterocycles. The highest BCUT2D eigenvalue weighted by molar-refractivity contribution is 6.32. The van der Waals surface area contributed by atoms with E-state index in [1.807, 2.05) is 0 Å². The van der Waals surface area contributed by atoms with Gasteiger partial charge in [0.25, 0.3) is 5.91 Å². The van der Waals surface area contributed by atoms with Crippen molar-refractivity contribution in [1.29, 1.82) is 0 Å². The van der Waals surface area contributed by atoms with Crippen LogP contribution >= 0.6 is 11.6 Å². The van der Waals surface area contributed by atoms with E-state index in [4.69, 9.17) is 11.6 Å². The van der Waals surface area contributed by atoms with Crippen molar-refractivity contribution in [3.8, 4) is 0 Å². The van der Waals surface area contributed by atoms with Gasteiger partial charge in [0, 0.05) is 25.0 Å². The summed E-state index contributed by atoms with van der Waals surface area (Å²) < 4.78 is 38.0. The van der Waals surface area contributed by atoms with Crippen molar-refractivity contribution < 1.29 is 27.9 Å². The van der Waals surface area contributed by atoms with Crippen molar-refractivity contribution in [2.75, 3.05) is 25.0 Å². The number of aromatic nitrogens is 1. The number of anilines is 1. The molecule has 0 radical (unpaired) electrons. The molecule has 0 fully saturated rings. The van der Waals surface area contributed by atoms with Crippen molar-refractivity contribution >= 4 is 34.8 Å². The van der Waals surface area contributed by atoms with Gasteiger partial charge in [-0.25, -0.2) is 4.79 Å². The van der Waals surface area contributed by atoms with Gasteiger partial charge in [0.2, 0.25) is 0 Å². The van der Waals surface area contributed by atoms with E-state index < -0.39 is 29.2 Å². The summed E-state index contributed by atoms with van der Waals surface area (Å²) >= 11 is 6.36. The van der Waals surface area contributed by atoms with Gasteiger partial charge in [-0.15, -0.1) is 0 Å². The first kappa shape index (κ1) is 25.5. The third-order valence-corrected chi connectivity index (χ3v) is 5.50. The van der Waals surface area contributed by atoms with Gasteiger partial charge in [-0.1, -0.05) is 17.7 Å². The van der Waals surface area contributed by atoms with Gasteiger partial charge in [-0.05, 0) is 56.2 Å². The maximum absolute atomic E-state index is 12.7. The summed E-state index contributed by atoms with van der Waals surface area (Å²) in [5.41, 5.74) is 0.244. The fourth-order valence-corrected chi connectivity index (χ4v) is 3.52. The first-order valence-electron chi connectivity index (χ1n) is 10.4.